The lowest BCUT2D eigenvalue weighted by atomic mass is 9.71. The Kier molecular flexibility index (Phi) is 10.3. The average molecular weight is 445 g/mol. The Bertz CT molecular complexity index is 759. The van der Waals surface area contributed by atoms with E-state index in [1.807, 2.05) is 0 Å². The molecule has 0 bridgehead atoms. The standard InChI is InChI=1S/C29H42F2O/c1-3-5-6-9-22-12-16-24(17-13-22)25-18-14-23(15-19-25)10-7-8-11-26-20-21-27(32-4-2)29(31)28(26)30/h7,10,12,20-21,23-25H,3-6,8-9,11,13-19H2,1-2H3/b10-7+. The summed E-state index contributed by atoms with van der Waals surface area (Å²) in [4.78, 5) is 0. The number of benzene rings is 1. The van der Waals surface area contributed by atoms with Gasteiger partial charge >= 0.3 is 0 Å². The highest BCUT2D eigenvalue weighted by atomic mass is 19.2. The Morgan fingerprint density at radius 2 is 1.75 bits per heavy atom. The molecule has 1 saturated carbocycles. The van der Waals surface area contributed by atoms with Crippen LogP contribution in [0.3, 0.4) is 0 Å². The molecule has 0 radical (unpaired) electrons. The van der Waals surface area contributed by atoms with E-state index in [0.29, 0.717) is 24.5 Å². The van der Waals surface area contributed by atoms with Crippen LogP contribution in [0.4, 0.5) is 8.78 Å². The summed E-state index contributed by atoms with van der Waals surface area (Å²) in [5, 5.41) is 0. The van der Waals surface area contributed by atoms with Gasteiger partial charge < -0.3 is 4.74 Å². The predicted octanol–water partition coefficient (Wildman–Crippen LogP) is 8.97. The number of aryl methyl sites for hydroxylation is 1. The van der Waals surface area contributed by atoms with Crippen LogP contribution in [0.15, 0.2) is 35.9 Å². The van der Waals surface area contributed by atoms with Crippen LogP contribution in [0.5, 0.6) is 5.75 Å². The van der Waals surface area contributed by atoms with Gasteiger partial charge in [0, 0.05) is 0 Å². The van der Waals surface area contributed by atoms with Crippen LogP contribution in [0, 0.1) is 29.4 Å². The second-order valence-electron chi connectivity index (χ2n) is 9.78. The van der Waals surface area contributed by atoms with Crippen molar-refractivity contribution in [2.75, 3.05) is 6.61 Å². The first-order valence-electron chi connectivity index (χ1n) is 13.1. The minimum atomic E-state index is -0.864. The summed E-state index contributed by atoms with van der Waals surface area (Å²) in [7, 11) is 0. The largest absolute Gasteiger partial charge is 0.491 e. The predicted molar refractivity (Wildman–Crippen MR) is 130 cm³/mol. The van der Waals surface area contributed by atoms with E-state index in [1.165, 1.54) is 76.7 Å². The van der Waals surface area contributed by atoms with Crippen molar-refractivity contribution in [1.29, 1.82) is 0 Å². The summed E-state index contributed by atoms with van der Waals surface area (Å²) in [6.07, 6.45) is 23.0. The topological polar surface area (TPSA) is 9.23 Å². The molecule has 2 aliphatic rings. The lowest BCUT2D eigenvalue weighted by Crippen LogP contribution is -2.22. The van der Waals surface area contributed by atoms with Gasteiger partial charge in [-0.05, 0) is 107 Å². The van der Waals surface area contributed by atoms with Crippen molar-refractivity contribution in [2.45, 2.75) is 97.3 Å². The normalized spacial score (nSPS) is 24.0. The Morgan fingerprint density at radius 1 is 0.938 bits per heavy atom. The highest BCUT2D eigenvalue weighted by Crippen LogP contribution is 2.40. The molecular formula is C29H42F2O. The van der Waals surface area contributed by atoms with E-state index in [1.54, 1.807) is 18.6 Å². The lowest BCUT2D eigenvalue weighted by Gasteiger charge is -2.35. The molecule has 1 unspecified atom stereocenters. The highest BCUT2D eigenvalue weighted by Gasteiger charge is 2.27. The van der Waals surface area contributed by atoms with Crippen molar-refractivity contribution in [3.8, 4) is 5.75 Å². The highest BCUT2D eigenvalue weighted by molar-refractivity contribution is 5.31. The van der Waals surface area contributed by atoms with E-state index in [4.69, 9.17) is 4.74 Å². The van der Waals surface area contributed by atoms with Crippen LogP contribution in [0.1, 0.15) is 96.5 Å². The Balaban J connectivity index is 1.37. The van der Waals surface area contributed by atoms with E-state index >= 15 is 0 Å². The monoisotopic (exact) mass is 444 g/mol. The van der Waals surface area contributed by atoms with Crippen LogP contribution in [-0.4, -0.2) is 6.61 Å². The number of allylic oxidation sites excluding steroid dienone is 4. The van der Waals surface area contributed by atoms with E-state index < -0.39 is 11.6 Å². The van der Waals surface area contributed by atoms with Crippen molar-refractivity contribution in [2.24, 2.45) is 17.8 Å². The molecule has 1 fully saturated rings. The molecule has 0 aliphatic heterocycles. The molecule has 0 saturated heterocycles. The Morgan fingerprint density at radius 3 is 2.44 bits per heavy atom. The van der Waals surface area contributed by atoms with Crippen LogP contribution < -0.4 is 4.74 Å². The number of halogens is 2. The minimum Gasteiger partial charge on any atom is -0.491 e. The summed E-state index contributed by atoms with van der Waals surface area (Å²) in [5.74, 6) is 0.817. The molecule has 0 N–H and O–H groups in total. The molecule has 0 spiro atoms. The number of hydrogen-bond acceptors (Lipinski definition) is 1. The number of rotatable bonds is 11. The fourth-order valence-electron chi connectivity index (χ4n) is 5.53. The summed E-state index contributed by atoms with van der Waals surface area (Å²) in [6.45, 7) is 4.37. The van der Waals surface area contributed by atoms with E-state index in [0.717, 1.165) is 18.3 Å². The number of hydrogen-bond donors (Lipinski definition) is 0. The van der Waals surface area contributed by atoms with Crippen molar-refractivity contribution in [3.63, 3.8) is 0 Å². The fraction of sp³-hybridized carbons (Fsp3) is 0.655. The molecule has 178 valence electrons. The van der Waals surface area contributed by atoms with Gasteiger partial charge in [-0.3, -0.25) is 0 Å². The van der Waals surface area contributed by atoms with Crippen molar-refractivity contribution in [3.05, 3.63) is 53.1 Å². The van der Waals surface area contributed by atoms with E-state index in [9.17, 15) is 8.78 Å². The summed E-state index contributed by atoms with van der Waals surface area (Å²) < 4.78 is 33.3. The third kappa shape index (κ3) is 7.18. The third-order valence-electron chi connectivity index (χ3n) is 7.55. The van der Waals surface area contributed by atoms with Crippen molar-refractivity contribution in [1.82, 2.24) is 0 Å². The van der Waals surface area contributed by atoms with Gasteiger partial charge in [0.2, 0.25) is 5.82 Å². The zero-order valence-electron chi connectivity index (χ0n) is 20.2. The first kappa shape index (κ1) is 25.0. The minimum absolute atomic E-state index is 0.00206. The molecule has 0 aromatic heterocycles. The maximum absolute atomic E-state index is 14.2. The number of unbranched alkanes of at least 4 members (excludes halogenated alkanes) is 2. The summed E-state index contributed by atoms with van der Waals surface area (Å²) in [6, 6.07) is 3.19. The van der Waals surface area contributed by atoms with Crippen LogP contribution in [0.2, 0.25) is 0 Å². The molecule has 0 amide bonds. The Labute approximate surface area is 194 Å². The van der Waals surface area contributed by atoms with Crippen LogP contribution in [-0.2, 0) is 6.42 Å². The molecule has 1 nitrogen and oxygen atoms in total. The van der Waals surface area contributed by atoms with E-state index in [2.05, 4.69) is 25.2 Å². The quantitative estimate of drug-likeness (QED) is 0.244. The molecule has 1 atom stereocenters. The zero-order chi connectivity index (χ0) is 22.8. The molecular weight excluding hydrogens is 402 g/mol. The van der Waals surface area contributed by atoms with Gasteiger partial charge in [-0.15, -0.1) is 0 Å². The van der Waals surface area contributed by atoms with Gasteiger partial charge in [-0.2, -0.15) is 4.39 Å². The first-order chi connectivity index (χ1) is 15.6. The SMILES string of the molecule is CCCCCC1=CCC(C2CCC(/C=C/CCc3ccc(OCC)c(F)c3F)CC2)CC1. The smallest absolute Gasteiger partial charge is 0.200 e. The van der Waals surface area contributed by atoms with E-state index in [-0.39, 0.29) is 5.75 Å². The molecule has 2 aliphatic carbocycles. The fourth-order valence-corrected chi connectivity index (χ4v) is 5.53. The van der Waals surface area contributed by atoms with Crippen LogP contribution >= 0.6 is 0 Å². The molecule has 3 heteroatoms. The summed E-state index contributed by atoms with van der Waals surface area (Å²) >= 11 is 0. The molecule has 0 heterocycles. The van der Waals surface area contributed by atoms with Crippen LogP contribution in [0.25, 0.3) is 0 Å². The third-order valence-corrected chi connectivity index (χ3v) is 7.55. The first-order valence-corrected chi connectivity index (χ1v) is 13.1. The molecule has 1 aromatic carbocycles. The molecule has 1 aromatic rings. The molecule has 3 rings (SSSR count). The van der Waals surface area contributed by atoms with Gasteiger partial charge in [0.1, 0.15) is 0 Å². The molecule has 32 heavy (non-hydrogen) atoms. The van der Waals surface area contributed by atoms with Gasteiger partial charge in [0.15, 0.2) is 11.6 Å². The second-order valence-corrected chi connectivity index (χ2v) is 9.78. The van der Waals surface area contributed by atoms with Gasteiger partial charge in [0.05, 0.1) is 6.61 Å². The maximum atomic E-state index is 14.2. The Hall–Kier alpha value is -1.64. The van der Waals surface area contributed by atoms with Gasteiger partial charge in [-0.25, -0.2) is 4.39 Å². The summed E-state index contributed by atoms with van der Waals surface area (Å²) in [5.41, 5.74) is 2.15. The number of ether oxygens (including phenoxy) is 1. The van der Waals surface area contributed by atoms with Gasteiger partial charge in [0.25, 0.3) is 0 Å². The van der Waals surface area contributed by atoms with Crippen molar-refractivity contribution >= 4 is 0 Å². The maximum Gasteiger partial charge on any atom is 0.200 e. The van der Waals surface area contributed by atoms with Crippen molar-refractivity contribution < 1.29 is 13.5 Å². The second kappa shape index (κ2) is 13.2. The van der Waals surface area contributed by atoms with Gasteiger partial charge in [-0.1, -0.05) is 49.6 Å². The lowest BCUT2D eigenvalue weighted by molar-refractivity contribution is 0.209. The average Bonchev–Trinajstić information content (AvgIpc) is 2.82. The zero-order valence-corrected chi connectivity index (χ0v) is 20.2.